The largest absolute Gasteiger partial charge is 0.508 e. The van der Waals surface area contributed by atoms with Crippen molar-refractivity contribution in [3.63, 3.8) is 0 Å². The van der Waals surface area contributed by atoms with Gasteiger partial charge in [0.1, 0.15) is 5.75 Å². The normalized spacial score (nSPS) is 11.0. The van der Waals surface area contributed by atoms with E-state index in [0.717, 1.165) is 24.5 Å². The third-order valence-corrected chi connectivity index (χ3v) is 4.64. The van der Waals surface area contributed by atoms with Gasteiger partial charge in [0.15, 0.2) is 0 Å². The maximum Gasteiger partial charge on any atom is 0.115 e. The van der Waals surface area contributed by atoms with E-state index in [1.54, 1.807) is 23.9 Å². The zero-order valence-corrected chi connectivity index (χ0v) is 14.3. The van der Waals surface area contributed by atoms with Crippen LogP contribution in [-0.2, 0) is 6.54 Å². The maximum atomic E-state index is 9.40. The Morgan fingerprint density at radius 1 is 0.909 bits per heavy atom. The summed E-state index contributed by atoms with van der Waals surface area (Å²) in [6.45, 7) is 7.76. The molecular weight excluding hydrogens is 290 g/mol. The van der Waals surface area contributed by atoms with Gasteiger partial charge >= 0.3 is 0 Å². The molecule has 0 aliphatic carbocycles. The Bertz CT molecular complexity index is 562. The average Bonchev–Trinajstić information content (AvgIpc) is 2.52. The molecule has 0 saturated carbocycles. The van der Waals surface area contributed by atoms with Gasteiger partial charge in [-0.3, -0.25) is 4.90 Å². The number of nitrogens with zero attached hydrogens (tertiary/aromatic N) is 1. The predicted molar refractivity (Wildman–Crippen MR) is 94.5 cm³/mol. The number of phenolic OH excluding ortho intramolecular Hbond substituents is 1. The first-order chi connectivity index (χ1) is 10.7. The molecule has 2 aromatic carbocycles. The summed E-state index contributed by atoms with van der Waals surface area (Å²) in [6.07, 6.45) is 2.38. The van der Waals surface area contributed by atoms with Crippen molar-refractivity contribution in [2.75, 3.05) is 13.1 Å². The van der Waals surface area contributed by atoms with Crippen LogP contribution in [0.25, 0.3) is 0 Å². The highest BCUT2D eigenvalue weighted by Gasteiger charge is 2.09. The molecule has 0 radical (unpaired) electrons. The molecule has 0 unspecified atom stereocenters. The van der Waals surface area contributed by atoms with Crippen LogP contribution in [0.3, 0.4) is 0 Å². The van der Waals surface area contributed by atoms with E-state index in [1.807, 2.05) is 12.1 Å². The molecule has 0 saturated heterocycles. The Labute approximate surface area is 138 Å². The van der Waals surface area contributed by atoms with E-state index in [1.165, 1.54) is 23.3 Å². The van der Waals surface area contributed by atoms with E-state index in [2.05, 4.69) is 43.0 Å². The Kier molecular flexibility index (Phi) is 6.81. The minimum Gasteiger partial charge on any atom is -0.508 e. The minimum atomic E-state index is 0.315. The second-order valence-corrected chi connectivity index (χ2v) is 6.60. The van der Waals surface area contributed by atoms with Crippen LogP contribution in [0.4, 0.5) is 0 Å². The molecule has 22 heavy (non-hydrogen) atoms. The minimum absolute atomic E-state index is 0.315. The highest BCUT2D eigenvalue weighted by molar-refractivity contribution is 7.99. The van der Waals surface area contributed by atoms with E-state index in [-0.39, 0.29) is 0 Å². The average molecular weight is 315 g/mol. The van der Waals surface area contributed by atoms with Gasteiger partial charge in [0, 0.05) is 16.3 Å². The molecule has 0 aliphatic heterocycles. The van der Waals surface area contributed by atoms with Gasteiger partial charge in [-0.15, -0.1) is 0 Å². The first-order valence-electron chi connectivity index (χ1n) is 8.00. The molecule has 2 nitrogen and oxygen atoms in total. The van der Waals surface area contributed by atoms with Crippen molar-refractivity contribution in [1.82, 2.24) is 4.90 Å². The molecule has 2 aromatic rings. The number of benzene rings is 2. The van der Waals surface area contributed by atoms with Gasteiger partial charge in [-0.1, -0.05) is 43.8 Å². The molecule has 0 aliphatic rings. The van der Waals surface area contributed by atoms with Crippen LogP contribution < -0.4 is 0 Å². The molecule has 0 heterocycles. The topological polar surface area (TPSA) is 23.5 Å². The van der Waals surface area contributed by atoms with Crippen molar-refractivity contribution >= 4 is 11.8 Å². The van der Waals surface area contributed by atoms with E-state index in [9.17, 15) is 5.11 Å². The summed E-state index contributed by atoms with van der Waals surface area (Å²) in [5.41, 5.74) is 1.38. The van der Waals surface area contributed by atoms with Crippen molar-refractivity contribution in [2.45, 2.75) is 43.0 Å². The van der Waals surface area contributed by atoms with Crippen LogP contribution >= 0.6 is 11.8 Å². The fourth-order valence-electron chi connectivity index (χ4n) is 2.52. The lowest BCUT2D eigenvalue weighted by Crippen LogP contribution is -2.25. The van der Waals surface area contributed by atoms with Gasteiger partial charge in [-0.2, -0.15) is 0 Å². The number of hydrogen-bond acceptors (Lipinski definition) is 3. The van der Waals surface area contributed by atoms with E-state index >= 15 is 0 Å². The third-order valence-electron chi connectivity index (χ3n) is 3.51. The molecule has 3 heteroatoms. The quantitative estimate of drug-likeness (QED) is 0.727. The molecule has 0 fully saturated rings. The third kappa shape index (κ3) is 5.08. The van der Waals surface area contributed by atoms with Gasteiger partial charge in [0.2, 0.25) is 0 Å². The summed E-state index contributed by atoms with van der Waals surface area (Å²) in [4.78, 5) is 4.98. The van der Waals surface area contributed by atoms with E-state index in [4.69, 9.17) is 0 Å². The number of hydrogen-bond donors (Lipinski definition) is 1. The van der Waals surface area contributed by atoms with Gasteiger partial charge in [-0.05, 0) is 61.8 Å². The highest BCUT2D eigenvalue weighted by Crippen LogP contribution is 2.32. The van der Waals surface area contributed by atoms with Crippen molar-refractivity contribution < 1.29 is 5.11 Å². The lowest BCUT2D eigenvalue weighted by atomic mass is 10.2. The van der Waals surface area contributed by atoms with Crippen LogP contribution in [-0.4, -0.2) is 23.1 Å². The fraction of sp³-hybridized carbons (Fsp3) is 0.368. The molecule has 0 atom stereocenters. The van der Waals surface area contributed by atoms with Gasteiger partial charge in [-0.25, -0.2) is 0 Å². The summed E-state index contributed by atoms with van der Waals surface area (Å²) < 4.78 is 0. The first-order valence-corrected chi connectivity index (χ1v) is 8.81. The Balaban J connectivity index is 2.13. The number of phenols is 1. The van der Waals surface area contributed by atoms with Crippen molar-refractivity contribution in [3.05, 3.63) is 54.1 Å². The molecular formula is C19H25NOS. The maximum absolute atomic E-state index is 9.40. The van der Waals surface area contributed by atoms with Crippen molar-refractivity contribution in [2.24, 2.45) is 0 Å². The Morgan fingerprint density at radius 3 is 2.18 bits per heavy atom. The SMILES string of the molecule is CCCN(CCC)Cc1ccccc1Sc1ccc(O)cc1. The molecule has 0 aromatic heterocycles. The summed E-state index contributed by atoms with van der Waals surface area (Å²) in [5, 5.41) is 9.40. The van der Waals surface area contributed by atoms with Crippen LogP contribution in [0.15, 0.2) is 58.3 Å². The molecule has 0 spiro atoms. The molecule has 118 valence electrons. The smallest absolute Gasteiger partial charge is 0.115 e. The molecule has 0 bridgehead atoms. The first kappa shape index (κ1) is 16.9. The zero-order valence-electron chi connectivity index (χ0n) is 13.5. The van der Waals surface area contributed by atoms with Gasteiger partial charge in [0.25, 0.3) is 0 Å². The lowest BCUT2D eigenvalue weighted by molar-refractivity contribution is 0.265. The zero-order chi connectivity index (χ0) is 15.8. The summed E-state index contributed by atoms with van der Waals surface area (Å²) in [6, 6.07) is 16.0. The number of rotatable bonds is 8. The summed E-state index contributed by atoms with van der Waals surface area (Å²) >= 11 is 1.76. The standard InChI is InChI=1S/C19H25NOS/c1-3-13-20(14-4-2)15-16-7-5-6-8-19(16)22-18-11-9-17(21)10-12-18/h5-12,21H,3-4,13-15H2,1-2H3. The number of aromatic hydroxyl groups is 1. The van der Waals surface area contributed by atoms with Crippen LogP contribution in [0.2, 0.25) is 0 Å². The molecule has 2 rings (SSSR count). The monoisotopic (exact) mass is 315 g/mol. The summed E-state index contributed by atoms with van der Waals surface area (Å²) in [5.74, 6) is 0.315. The summed E-state index contributed by atoms with van der Waals surface area (Å²) in [7, 11) is 0. The second kappa shape index (κ2) is 8.86. The molecule has 0 amide bonds. The van der Waals surface area contributed by atoms with Crippen LogP contribution in [0.1, 0.15) is 32.3 Å². The van der Waals surface area contributed by atoms with Crippen molar-refractivity contribution in [1.29, 1.82) is 0 Å². The van der Waals surface area contributed by atoms with E-state index in [0.29, 0.717) is 5.75 Å². The lowest BCUT2D eigenvalue weighted by Gasteiger charge is -2.22. The van der Waals surface area contributed by atoms with Crippen molar-refractivity contribution in [3.8, 4) is 5.75 Å². The van der Waals surface area contributed by atoms with Gasteiger partial charge in [0.05, 0.1) is 0 Å². The Morgan fingerprint density at radius 2 is 1.55 bits per heavy atom. The van der Waals surface area contributed by atoms with E-state index < -0.39 is 0 Å². The van der Waals surface area contributed by atoms with Gasteiger partial charge < -0.3 is 5.11 Å². The predicted octanol–water partition coefficient (Wildman–Crippen LogP) is 5.17. The highest BCUT2D eigenvalue weighted by atomic mass is 32.2. The van der Waals surface area contributed by atoms with Crippen LogP contribution in [0.5, 0.6) is 5.75 Å². The fourth-order valence-corrected chi connectivity index (χ4v) is 3.45. The Hall–Kier alpha value is -1.45. The molecule has 1 N–H and O–H groups in total. The van der Waals surface area contributed by atoms with Crippen LogP contribution in [0, 0.1) is 0 Å². The second-order valence-electron chi connectivity index (χ2n) is 5.48.